The van der Waals surface area contributed by atoms with E-state index in [9.17, 15) is 14.4 Å². The predicted molar refractivity (Wildman–Crippen MR) is 132 cm³/mol. The van der Waals surface area contributed by atoms with E-state index in [1.807, 2.05) is 12.2 Å². The zero-order chi connectivity index (χ0) is 25.6. The molecular weight excluding hydrogens is 466 g/mol. The fourth-order valence-corrected chi connectivity index (χ4v) is 5.32. The molecule has 10 heteroatoms. The summed E-state index contributed by atoms with van der Waals surface area (Å²) < 4.78 is 22.3. The highest BCUT2D eigenvalue weighted by Gasteiger charge is 2.67. The maximum absolute atomic E-state index is 13.6. The maximum atomic E-state index is 13.6. The Morgan fingerprint density at radius 1 is 1.00 bits per heavy atom. The molecule has 0 aliphatic carbocycles. The van der Waals surface area contributed by atoms with E-state index in [1.54, 1.807) is 41.3 Å². The Morgan fingerprint density at radius 2 is 1.67 bits per heavy atom. The van der Waals surface area contributed by atoms with Crippen LogP contribution >= 0.6 is 0 Å². The second-order valence-electron chi connectivity index (χ2n) is 8.96. The van der Waals surface area contributed by atoms with E-state index in [0.29, 0.717) is 40.9 Å². The van der Waals surface area contributed by atoms with Crippen LogP contribution in [-0.4, -0.2) is 57.3 Å². The van der Waals surface area contributed by atoms with Crippen LogP contribution in [0.2, 0.25) is 0 Å². The average molecular weight is 494 g/mol. The molecule has 0 radical (unpaired) electrons. The molecule has 4 atom stereocenters. The van der Waals surface area contributed by atoms with Crippen LogP contribution in [0.4, 0.5) is 17.1 Å². The van der Waals surface area contributed by atoms with E-state index < -0.39 is 23.5 Å². The molecule has 0 aromatic heterocycles. The first kappa shape index (κ1) is 23.7. The molecule has 2 bridgehead atoms. The van der Waals surface area contributed by atoms with Crippen molar-refractivity contribution in [3.63, 3.8) is 0 Å². The Hall–Kier alpha value is -4.05. The van der Waals surface area contributed by atoms with Gasteiger partial charge in [0.05, 0.1) is 45.8 Å². The molecule has 188 valence electrons. The minimum atomic E-state index is -0.866. The van der Waals surface area contributed by atoms with Crippen molar-refractivity contribution < 1.29 is 33.3 Å². The quantitative estimate of drug-likeness (QED) is 0.570. The van der Waals surface area contributed by atoms with Gasteiger partial charge in [0, 0.05) is 36.1 Å². The Labute approximate surface area is 208 Å². The van der Waals surface area contributed by atoms with Crippen molar-refractivity contribution in [3.8, 4) is 17.2 Å². The fraction of sp³-hybridized carbons (Fsp3) is 0.346. The first-order chi connectivity index (χ1) is 17.3. The van der Waals surface area contributed by atoms with Gasteiger partial charge in [-0.1, -0.05) is 12.2 Å². The molecule has 36 heavy (non-hydrogen) atoms. The lowest BCUT2D eigenvalue weighted by Gasteiger charge is -2.24. The Morgan fingerprint density at radius 3 is 2.25 bits per heavy atom. The molecule has 2 aromatic carbocycles. The number of carbonyl (C=O) groups is 3. The summed E-state index contributed by atoms with van der Waals surface area (Å²) >= 11 is 0. The van der Waals surface area contributed by atoms with Gasteiger partial charge in [0.2, 0.25) is 23.5 Å². The van der Waals surface area contributed by atoms with Crippen LogP contribution in [0.25, 0.3) is 0 Å². The normalized spacial score (nSPS) is 25.5. The molecule has 2 aromatic rings. The van der Waals surface area contributed by atoms with Gasteiger partial charge in [-0.3, -0.25) is 14.4 Å². The van der Waals surface area contributed by atoms with Crippen LogP contribution in [0.5, 0.6) is 17.2 Å². The number of hydrogen-bond acceptors (Lipinski definition) is 7. The van der Waals surface area contributed by atoms with Gasteiger partial charge in [-0.15, -0.1) is 0 Å². The van der Waals surface area contributed by atoms with E-state index in [2.05, 4.69) is 10.6 Å². The number of methoxy groups -OCH3 is 3. The van der Waals surface area contributed by atoms with Crippen LogP contribution in [-0.2, 0) is 19.1 Å². The van der Waals surface area contributed by atoms with Crippen molar-refractivity contribution in [2.75, 3.05) is 43.4 Å². The summed E-state index contributed by atoms with van der Waals surface area (Å²) in [7, 11) is 4.49. The zero-order valence-electron chi connectivity index (χ0n) is 20.4. The van der Waals surface area contributed by atoms with E-state index in [4.69, 9.17) is 18.9 Å². The molecule has 2 N–H and O–H groups in total. The first-order valence-corrected chi connectivity index (χ1v) is 11.5. The van der Waals surface area contributed by atoms with Crippen molar-refractivity contribution >= 4 is 34.8 Å². The number of carbonyl (C=O) groups excluding carboxylic acids is 3. The number of fused-ring (bicyclic) bond motifs is 1. The molecule has 3 aliphatic heterocycles. The van der Waals surface area contributed by atoms with Crippen molar-refractivity contribution in [3.05, 3.63) is 48.6 Å². The third kappa shape index (κ3) is 3.74. The minimum Gasteiger partial charge on any atom is -0.493 e. The van der Waals surface area contributed by atoms with Crippen molar-refractivity contribution in [2.45, 2.75) is 18.6 Å². The fourth-order valence-electron chi connectivity index (χ4n) is 5.32. The maximum Gasteiger partial charge on any atom is 0.234 e. The van der Waals surface area contributed by atoms with Gasteiger partial charge in [-0.2, -0.15) is 0 Å². The van der Waals surface area contributed by atoms with Gasteiger partial charge in [-0.05, 0) is 24.3 Å². The highest BCUT2D eigenvalue weighted by molar-refractivity contribution is 6.05. The molecule has 2 fully saturated rings. The summed E-state index contributed by atoms with van der Waals surface area (Å²) in [5, 5.41) is 5.61. The molecular formula is C26H27N3O7. The standard InChI is InChI=1S/C26H27N3O7/c1-14(30)27-15-5-7-17(8-6-15)29-13-26-10-9-18(36-26)21(22(26)25(29)32)24(31)28-16-11-19(33-2)23(35-4)20(12-16)34-3/h5-12,18,21-22H,13H2,1-4H3,(H,27,30)(H,28,31)/t18-,21?,22+,26-/m0/s1. The first-order valence-electron chi connectivity index (χ1n) is 11.5. The summed E-state index contributed by atoms with van der Waals surface area (Å²) in [5.41, 5.74) is 0.888. The molecule has 2 saturated heterocycles. The number of anilines is 3. The highest BCUT2D eigenvalue weighted by Crippen LogP contribution is 2.53. The van der Waals surface area contributed by atoms with Gasteiger partial charge in [-0.25, -0.2) is 0 Å². The van der Waals surface area contributed by atoms with E-state index in [1.165, 1.54) is 28.3 Å². The monoisotopic (exact) mass is 493 g/mol. The number of nitrogens with zero attached hydrogens (tertiary/aromatic N) is 1. The Balaban J connectivity index is 1.39. The molecule has 3 amide bonds. The van der Waals surface area contributed by atoms with Crippen molar-refractivity contribution in [1.29, 1.82) is 0 Å². The van der Waals surface area contributed by atoms with Crippen LogP contribution in [0.15, 0.2) is 48.6 Å². The molecule has 0 saturated carbocycles. The second-order valence-corrected chi connectivity index (χ2v) is 8.96. The van der Waals surface area contributed by atoms with Crippen LogP contribution in [0, 0.1) is 11.8 Å². The van der Waals surface area contributed by atoms with Crippen molar-refractivity contribution in [2.24, 2.45) is 11.8 Å². The summed E-state index contributed by atoms with van der Waals surface area (Å²) in [6.45, 7) is 1.73. The van der Waals surface area contributed by atoms with E-state index in [0.717, 1.165) is 0 Å². The lowest BCUT2D eigenvalue weighted by atomic mass is 9.77. The predicted octanol–water partition coefficient (Wildman–Crippen LogP) is 2.60. The number of rotatable bonds is 7. The SMILES string of the molecule is COc1cc(NC(=O)C2[C@@H]3C=C[C@@]4(CN(c5ccc(NC(C)=O)cc5)C(=O)[C@@H]24)O3)cc(OC)c1OC. The topological polar surface area (TPSA) is 115 Å². The number of hydrogen-bond donors (Lipinski definition) is 2. The largest absolute Gasteiger partial charge is 0.493 e. The lowest BCUT2D eigenvalue weighted by Crippen LogP contribution is -2.41. The number of nitrogens with one attached hydrogen (secondary N) is 2. The molecule has 3 aliphatic rings. The van der Waals surface area contributed by atoms with E-state index >= 15 is 0 Å². The molecule has 1 unspecified atom stereocenters. The van der Waals surface area contributed by atoms with Crippen LogP contribution < -0.4 is 29.7 Å². The van der Waals surface area contributed by atoms with Crippen LogP contribution in [0.3, 0.4) is 0 Å². The van der Waals surface area contributed by atoms with Gasteiger partial charge >= 0.3 is 0 Å². The number of benzene rings is 2. The van der Waals surface area contributed by atoms with Gasteiger partial charge in [0.15, 0.2) is 11.5 Å². The molecule has 3 heterocycles. The smallest absolute Gasteiger partial charge is 0.234 e. The van der Waals surface area contributed by atoms with Crippen molar-refractivity contribution in [1.82, 2.24) is 0 Å². The molecule has 10 nitrogen and oxygen atoms in total. The number of ether oxygens (including phenoxy) is 4. The zero-order valence-corrected chi connectivity index (χ0v) is 20.4. The van der Waals surface area contributed by atoms with Crippen LogP contribution in [0.1, 0.15) is 6.92 Å². The molecule has 5 rings (SSSR count). The summed E-state index contributed by atoms with van der Waals surface area (Å²) in [6, 6.07) is 10.3. The minimum absolute atomic E-state index is 0.176. The molecule has 1 spiro atoms. The Kier molecular flexibility index (Phi) is 5.83. The highest BCUT2D eigenvalue weighted by atomic mass is 16.5. The summed E-state index contributed by atoms with van der Waals surface area (Å²) in [5.74, 6) is -0.841. The Bertz CT molecular complexity index is 1230. The van der Waals surface area contributed by atoms with Gasteiger partial charge in [0.1, 0.15) is 5.60 Å². The average Bonchev–Trinajstić information content (AvgIpc) is 3.51. The third-order valence-corrected chi connectivity index (χ3v) is 6.83. The lowest BCUT2D eigenvalue weighted by molar-refractivity contribution is -0.128. The summed E-state index contributed by atoms with van der Waals surface area (Å²) in [4.78, 5) is 40.0. The second kappa shape index (κ2) is 8.87. The summed E-state index contributed by atoms with van der Waals surface area (Å²) in [6.07, 6.45) is 3.26. The third-order valence-electron chi connectivity index (χ3n) is 6.83. The van der Waals surface area contributed by atoms with Gasteiger partial charge < -0.3 is 34.5 Å². The van der Waals surface area contributed by atoms with E-state index in [-0.39, 0.29) is 17.7 Å². The van der Waals surface area contributed by atoms with Gasteiger partial charge in [0.25, 0.3) is 0 Å². The number of amides is 3.